The first-order valence-corrected chi connectivity index (χ1v) is 7.79. The van der Waals surface area contributed by atoms with Gasteiger partial charge in [-0.2, -0.15) is 0 Å². The Kier molecular flexibility index (Phi) is 4.85. The van der Waals surface area contributed by atoms with Crippen LogP contribution < -0.4 is 0 Å². The number of Topliss-reactive ketones (excluding diaryl/α,β-unsaturated/α-hetero) is 1. The van der Waals surface area contributed by atoms with Gasteiger partial charge in [0.2, 0.25) is 5.78 Å². The van der Waals surface area contributed by atoms with Crippen LogP contribution >= 0.6 is 28.1 Å². The van der Waals surface area contributed by atoms with Crippen molar-refractivity contribution in [1.82, 2.24) is 9.55 Å². The maximum Gasteiger partial charge on any atom is 0.209 e. The Balaban J connectivity index is 2.59. The van der Waals surface area contributed by atoms with Gasteiger partial charge in [-0.1, -0.05) is 37.9 Å². The summed E-state index contributed by atoms with van der Waals surface area (Å²) in [6, 6.07) is 8.08. The number of hydrogen-bond donors (Lipinski definition) is 0. The van der Waals surface area contributed by atoms with Crippen molar-refractivity contribution in [3.63, 3.8) is 0 Å². The first kappa shape index (κ1) is 15.8. The molecule has 0 unspecified atom stereocenters. The summed E-state index contributed by atoms with van der Waals surface area (Å²) in [6.07, 6.45) is 0.977. The zero-order valence-corrected chi connectivity index (χ0v) is 14.3. The molecule has 0 amide bonds. The molecule has 0 N–H and O–H groups in total. The van der Waals surface area contributed by atoms with Gasteiger partial charge < -0.3 is 0 Å². The second-order valence-electron chi connectivity index (χ2n) is 4.69. The SMILES string of the molecule is C=C(C)C(=O)c1nc(C=S)n(-c2ccc(CC)cc2)c1Br. The van der Waals surface area contributed by atoms with Crippen molar-refractivity contribution < 1.29 is 4.79 Å². The summed E-state index contributed by atoms with van der Waals surface area (Å²) in [4.78, 5) is 16.4. The summed E-state index contributed by atoms with van der Waals surface area (Å²) in [7, 11) is 0. The van der Waals surface area contributed by atoms with Crippen molar-refractivity contribution in [1.29, 1.82) is 0 Å². The molecule has 2 rings (SSSR count). The predicted octanol–water partition coefficient (Wildman–Crippen LogP) is 4.30. The molecule has 0 spiro atoms. The van der Waals surface area contributed by atoms with Crippen LogP contribution in [0.15, 0.2) is 41.0 Å². The number of halogens is 1. The van der Waals surface area contributed by atoms with E-state index >= 15 is 0 Å². The molecule has 1 aromatic heterocycles. The standard InChI is InChI=1S/C16H15BrN2OS/c1-4-11-5-7-12(8-6-11)19-13(9-21)18-14(16(19)17)15(20)10(2)3/h5-9H,2,4H2,1,3H3. The van der Waals surface area contributed by atoms with Gasteiger partial charge >= 0.3 is 0 Å². The predicted molar refractivity (Wildman–Crippen MR) is 92.5 cm³/mol. The van der Waals surface area contributed by atoms with Crippen LogP contribution in [0.25, 0.3) is 5.69 Å². The van der Waals surface area contributed by atoms with Crippen LogP contribution in [-0.4, -0.2) is 20.7 Å². The molecule has 0 aliphatic heterocycles. The first-order chi connectivity index (χ1) is 9.99. The molecule has 0 radical (unpaired) electrons. The molecule has 0 bridgehead atoms. The van der Waals surface area contributed by atoms with E-state index in [1.807, 2.05) is 16.7 Å². The van der Waals surface area contributed by atoms with Gasteiger partial charge in [-0.15, -0.1) is 0 Å². The van der Waals surface area contributed by atoms with Crippen LogP contribution in [0.4, 0.5) is 0 Å². The highest BCUT2D eigenvalue weighted by molar-refractivity contribution is 9.10. The van der Waals surface area contributed by atoms with Gasteiger partial charge in [-0.05, 0) is 52.5 Å². The molecule has 1 heterocycles. The number of rotatable bonds is 5. The van der Waals surface area contributed by atoms with Crippen molar-refractivity contribution >= 4 is 39.3 Å². The molecule has 0 atom stereocenters. The van der Waals surface area contributed by atoms with Crippen LogP contribution in [0.3, 0.4) is 0 Å². The van der Waals surface area contributed by atoms with Gasteiger partial charge in [0.1, 0.15) is 16.1 Å². The number of benzene rings is 1. The van der Waals surface area contributed by atoms with Crippen LogP contribution in [0, 0.1) is 0 Å². The number of aromatic nitrogens is 2. The van der Waals surface area contributed by atoms with Crippen LogP contribution in [0.1, 0.15) is 35.7 Å². The average Bonchev–Trinajstić information content (AvgIpc) is 2.83. The molecule has 0 aliphatic rings. The molecule has 21 heavy (non-hydrogen) atoms. The number of carbonyl (C=O) groups excluding carboxylic acids is 1. The molecule has 108 valence electrons. The lowest BCUT2D eigenvalue weighted by Gasteiger charge is -2.08. The zero-order valence-electron chi connectivity index (χ0n) is 11.9. The first-order valence-electron chi connectivity index (χ1n) is 6.52. The summed E-state index contributed by atoms with van der Waals surface area (Å²) >= 11 is 8.47. The number of allylic oxidation sites excluding steroid dienone is 1. The summed E-state index contributed by atoms with van der Waals surface area (Å²) in [5, 5.41) is 1.47. The Bertz CT molecular complexity index is 717. The minimum absolute atomic E-state index is 0.191. The Hall–Kier alpha value is -1.59. The van der Waals surface area contributed by atoms with E-state index in [4.69, 9.17) is 12.2 Å². The number of hydrogen-bond acceptors (Lipinski definition) is 3. The van der Waals surface area contributed by atoms with Gasteiger partial charge in [-0.25, -0.2) is 4.98 Å². The van der Waals surface area contributed by atoms with Gasteiger partial charge in [0, 0.05) is 11.1 Å². The minimum Gasteiger partial charge on any atom is -0.287 e. The van der Waals surface area contributed by atoms with Crippen LogP contribution in [0.5, 0.6) is 0 Å². The van der Waals surface area contributed by atoms with Gasteiger partial charge in [0.05, 0.1) is 0 Å². The lowest BCUT2D eigenvalue weighted by molar-refractivity contribution is 0.103. The second-order valence-corrected chi connectivity index (χ2v) is 5.68. The summed E-state index contributed by atoms with van der Waals surface area (Å²) < 4.78 is 2.42. The second kappa shape index (κ2) is 6.45. The molecular formula is C16H15BrN2OS. The molecular weight excluding hydrogens is 348 g/mol. The van der Waals surface area contributed by atoms with Gasteiger partial charge in [0.25, 0.3) is 0 Å². The lowest BCUT2D eigenvalue weighted by Crippen LogP contribution is -2.02. The van der Waals surface area contributed by atoms with E-state index in [1.165, 1.54) is 10.9 Å². The number of imidazole rings is 1. The van der Waals surface area contributed by atoms with Gasteiger partial charge in [0.15, 0.2) is 0 Å². The summed E-state index contributed by atoms with van der Waals surface area (Å²) in [5.41, 5.74) is 2.93. The maximum absolute atomic E-state index is 12.1. The number of ketones is 1. The largest absolute Gasteiger partial charge is 0.287 e. The van der Waals surface area contributed by atoms with E-state index < -0.39 is 0 Å². The van der Waals surface area contributed by atoms with E-state index in [-0.39, 0.29) is 5.78 Å². The lowest BCUT2D eigenvalue weighted by atomic mass is 10.1. The van der Waals surface area contributed by atoms with E-state index in [1.54, 1.807) is 6.92 Å². The third-order valence-corrected chi connectivity index (χ3v) is 4.10. The molecule has 3 nitrogen and oxygen atoms in total. The van der Waals surface area contributed by atoms with Gasteiger partial charge in [-0.3, -0.25) is 9.36 Å². The minimum atomic E-state index is -0.191. The van der Waals surface area contributed by atoms with Crippen molar-refractivity contribution in [2.75, 3.05) is 0 Å². The molecule has 5 heteroatoms. The summed E-state index contributed by atoms with van der Waals surface area (Å²) in [6.45, 7) is 7.45. The molecule has 0 saturated heterocycles. The van der Waals surface area contributed by atoms with E-state index in [9.17, 15) is 4.79 Å². The topological polar surface area (TPSA) is 34.9 Å². The third-order valence-electron chi connectivity index (χ3n) is 3.16. The molecule has 0 aliphatic carbocycles. The number of aryl methyl sites for hydroxylation is 1. The van der Waals surface area contributed by atoms with Crippen LogP contribution in [0.2, 0.25) is 0 Å². The Labute approximate surface area is 137 Å². The van der Waals surface area contributed by atoms with Crippen molar-refractivity contribution in [2.45, 2.75) is 20.3 Å². The Morgan fingerprint density at radius 2 is 2.05 bits per heavy atom. The molecule has 0 fully saturated rings. The third kappa shape index (κ3) is 3.04. The quantitative estimate of drug-likeness (QED) is 0.451. The Morgan fingerprint density at radius 3 is 2.52 bits per heavy atom. The highest BCUT2D eigenvalue weighted by atomic mass is 79.9. The number of thiocarbonyl (C=S) groups is 1. The normalized spacial score (nSPS) is 10.4. The summed E-state index contributed by atoms with van der Waals surface area (Å²) in [5.74, 6) is 0.356. The number of nitrogens with zero attached hydrogens (tertiary/aromatic N) is 2. The van der Waals surface area contributed by atoms with Crippen molar-refractivity contribution in [2.24, 2.45) is 0 Å². The highest BCUT2D eigenvalue weighted by Gasteiger charge is 2.21. The fraction of sp³-hybridized carbons (Fsp3) is 0.188. The fourth-order valence-corrected chi connectivity index (χ4v) is 2.78. The Morgan fingerprint density at radius 1 is 1.43 bits per heavy atom. The molecule has 0 saturated carbocycles. The fourth-order valence-electron chi connectivity index (χ4n) is 1.97. The smallest absolute Gasteiger partial charge is 0.209 e. The maximum atomic E-state index is 12.1. The highest BCUT2D eigenvalue weighted by Crippen LogP contribution is 2.25. The number of carbonyl (C=O) groups is 1. The molecule has 2 aromatic rings. The average molecular weight is 363 g/mol. The van der Waals surface area contributed by atoms with Crippen molar-refractivity contribution in [3.05, 3.63) is 58.1 Å². The van der Waals surface area contributed by atoms with Crippen LogP contribution in [-0.2, 0) is 6.42 Å². The zero-order chi connectivity index (χ0) is 15.6. The van der Waals surface area contributed by atoms with Crippen molar-refractivity contribution in [3.8, 4) is 5.69 Å². The monoisotopic (exact) mass is 362 g/mol. The van der Waals surface area contributed by atoms with E-state index in [2.05, 4.69) is 46.5 Å². The van der Waals surface area contributed by atoms with E-state index in [0.717, 1.165) is 12.1 Å². The van der Waals surface area contributed by atoms with E-state index in [0.29, 0.717) is 21.7 Å². The molecule has 1 aromatic carbocycles.